The minimum Gasteiger partial charge on any atom is -0.389 e. The van der Waals surface area contributed by atoms with Gasteiger partial charge in [-0.05, 0) is 42.2 Å². The first-order valence-electron chi connectivity index (χ1n) is 6.03. The number of carbonyl (C=O) groups excluding carboxylic acids is 1. The molecule has 0 atom stereocenters. The molecule has 0 bridgehead atoms. The van der Waals surface area contributed by atoms with E-state index in [2.05, 4.69) is 9.59 Å². The van der Waals surface area contributed by atoms with Gasteiger partial charge in [-0.1, -0.05) is 23.6 Å². The summed E-state index contributed by atoms with van der Waals surface area (Å²) in [7, 11) is 1.72. The van der Waals surface area contributed by atoms with Gasteiger partial charge >= 0.3 is 0 Å². The lowest BCUT2D eigenvalue weighted by Gasteiger charge is -2.17. The molecule has 20 heavy (non-hydrogen) atoms. The summed E-state index contributed by atoms with van der Waals surface area (Å²) in [4.78, 5) is 14.9. The number of carbonyl (C=O) groups is 1. The van der Waals surface area contributed by atoms with Crippen molar-refractivity contribution in [2.75, 3.05) is 11.9 Å². The average molecular weight is 306 g/mol. The molecule has 0 unspecified atom stereocenters. The summed E-state index contributed by atoms with van der Waals surface area (Å²) in [6.45, 7) is 1.95. The lowest BCUT2D eigenvalue weighted by atomic mass is 10.2. The number of hydrogen-bond acceptors (Lipinski definition) is 5. The van der Waals surface area contributed by atoms with E-state index in [1.165, 1.54) is 0 Å². The maximum absolute atomic E-state index is 12.4. The summed E-state index contributed by atoms with van der Waals surface area (Å²) in [6.07, 6.45) is 0.686. The molecule has 2 rings (SSSR count). The van der Waals surface area contributed by atoms with E-state index in [1.807, 2.05) is 19.1 Å². The first-order valence-corrected chi connectivity index (χ1v) is 7.22. The first kappa shape index (κ1) is 14.5. The highest BCUT2D eigenvalue weighted by Crippen LogP contribution is 2.20. The summed E-state index contributed by atoms with van der Waals surface area (Å²) in [5.41, 5.74) is 7.82. The van der Waals surface area contributed by atoms with Crippen molar-refractivity contribution in [2.45, 2.75) is 13.3 Å². The monoisotopic (exact) mass is 306 g/mol. The quantitative estimate of drug-likeness (QED) is 0.875. The van der Waals surface area contributed by atoms with E-state index in [9.17, 15) is 4.79 Å². The number of hydrogen-bond donors (Lipinski definition) is 1. The largest absolute Gasteiger partial charge is 0.389 e. The van der Waals surface area contributed by atoms with Crippen molar-refractivity contribution >= 4 is 40.3 Å². The van der Waals surface area contributed by atoms with Crippen LogP contribution < -0.4 is 10.6 Å². The van der Waals surface area contributed by atoms with Crippen molar-refractivity contribution in [2.24, 2.45) is 5.73 Å². The molecule has 1 heterocycles. The number of thiocarbonyl (C=S) groups is 1. The summed E-state index contributed by atoms with van der Waals surface area (Å²) < 4.78 is 3.84. The Hall–Kier alpha value is -1.86. The Kier molecular flexibility index (Phi) is 4.41. The molecule has 1 aromatic carbocycles. The average Bonchev–Trinajstić information content (AvgIpc) is 2.94. The normalized spacial score (nSPS) is 10.3. The van der Waals surface area contributed by atoms with E-state index < -0.39 is 0 Å². The van der Waals surface area contributed by atoms with E-state index in [0.717, 1.165) is 28.5 Å². The molecule has 0 spiro atoms. The highest BCUT2D eigenvalue weighted by Gasteiger charge is 2.20. The second-order valence-electron chi connectivity index (χ2n) is 4.18. The molecule has 0 aliphatic rings. The van der Waals surface area contributed by atoms with Crippen molar-refractivity contribution in [3.8, 4) is 0 Å². The minimum atomic E-state index is -0.111. The number of nitrogens with two attached hydrogens (primary N) is 1. The van der Waals surface area contributed by atoms with Gasteiger partial charge in [-0.2, -0.15) is 0 Å². The summed E-state index contributed by atoms with van der Waals surface area (Å²) >= 11 is 6.02. The van der Waals surface area contributed by atoms with E-state index in [1.54, 1.807) is 24.1 Å². The maximum Gasteiger partial charge on any atom is 0.271 e. The number of rotatable bonds is 4. The molecule has 0 aliphatic heterocycles. The van der Waals surface area contributed by atoms with Crippen LogP contribution in [0.1, 0.15) is 27.9 Å². The number of benzene rings is 1. The summed E-state index contributed by atoms with van der Waals surface area (Å²) in [5, 5.41) is 3.96. The number of anilines is 1. The number of nitrogens with zero attached hydrogens (tertiary/aromatic N) is 3. The van der Waals surface area contributed by atoms with Crippen LogP contribution >= 0.6 is 23.8 Å². The lowest BCUT2D eigenvalue weighted by Crippen LogP contribution is -2.26. The molecule has 1 aromatic heterocycles. The zero-order chi connectivity index (χ0) is 14.7. The van der Waals surface area contributed by atoms with Crippen LogP contribution in [0.2, 0.25) is 0 Å². The molecule has 0 aliphatic carbocycles. The predicted octanol–water partition coefficient (Wildman–Crippen LogP) is 2.01. The molecule has 2 N–H and O–H groups in total. The standard InChI is InChI=1S/C13H14N4OS2/c1-3-10-11(20-16-15-10)13(18)17(2)9-6-4-8(5-7-9)12(14)19/h4-7H,3H2,1-2H3,(H2,14,19). The van der Waals surface area contributed by atoms with Gasteiger partial charge in [-0.15, -0.1) is 5.10 Å². The van der Waals surface area contributed by atoms with E-state index in [-0.39, 0.29) is 5.91 Å². The molecule has 7 heteroatoms. The fourth-order valence-electron chi connectivity index (χ4n) is 1.72. The van der Waals surface area contributed by atoms with Crippen molar-refractivity contribution < 1.29 is 4.79 Å². The topological polar surface area (TPSA) is 72.1 Å². The maximum atomic E-state index is 12.4. The van der Waals surface area contributed by atoms with Crippen molar-refractivity contribution in [1.29, 1.82) is 0 Å². The van der Waals surface area contributed by atoms with E-state index in [0.29, 0.717) is 16.3 Å². The Morgan fingerprint density at radius 1 is 1.40 bits per heavy atom. The van der Waals surface area contributed by atoms with Crippen LogP contribution in [0.5, 0.6) is 0 Å². The first-order chi connectivity index (χ1) is 9.54. The van der Waals surface area contributed by atoms with Crippen LogP contribution in [0.15, 0.2) is 24.3 Å². The lowest BCUT2D eigenvalue weighted by molar-refractivity contribution is 0.0996. The van der Waals surface area contributed by atoms with Gasteiger partial charge in [0.15, 0.2) is 0 Å². The highest BCUT2D eigenvalue weighted by atomic mass is 32.1. The second kappa shape index (κ2) is 6.06. The molecule has 5 nitrogen and oxygen atoms in total. The Labute approximate surface area is 126 Å². The van der Waals surface area contributed by atoms with Gasteiger partial charge in [0.05, 0.1) is 5.69 Å². The molecule has 2 aromatic rings. The molecular weight excluding hydrogens is 292 g/mol. The molecule has 0 radical (unpaired) electrons. The molecule has 0 fully saturated rings. The Balaban J connectivity index is 2.24. The third-order valence-electron chi connectivity index (χ3n) is 2.93. The smallest absolute Gasteiger partial charge is 0.271 e. The third-order valence-corrected chi connectivity index (χ3v) is 3.92. The fraction of sp³-hybridized carbons (Fsp3) is 0.231. The number of aromatic nitrogens is 2. The molecular formula is C13H14N4OS2. The minimum absolute atomic E-state index is 0.111. The van der Waals surface area contributed by atoms with Crippen LogP contribution in [0.25, 0.3) is 0 Å². The van der Waals surface area contributed by atoms with E-state index in [4.69, 9.17) is 18.0 Å². The number of amides is 1. The van der Waals surface area contributed by atoms with Crippen LogP contribution in [-0.4, -0.2) is 27.5 Å². The van der Waals surface area contributed by atoms with Crippen LogP contribution in [-0.2, 0) is 6.42 Å². The Bertz CT molecular complexity index is 636. The van der Waals surface area contributed by atoms with Gasteiger partial charge in [0.2, 0.25) is 0 Å². The van der Waals surface area contributed by atoms with Gasteiger partial charge in [0.1, 0.15) is 9.87 Å². The Morgan fingerprint density at radius 3 is 2.60 bits per heavy atom. The van der Waals surface area contributed by atoms with Gasteiger partial charge in [0.25, 0.3) is 5.91 Å². The highest BCUT2D eigenvalue weighted by molar-refractivity contribution is 7.80. The second-order valence-corrected chi connectivity index (χ2v) is 5.37. The SMILES string of the molecule is CCc1nnsc1C(=O)N(C)c1ccc(C(N)=S)cc1. The number of aryl methyl sites for hydroxylation is 1. The van der Waals surface area contributed by atoms with Gasteiger partial charge in [-0.3, -0.25) is 4.79 Å². The summed E-state index contributed by atoms with van der Waals surface area (Å²) in [5.74, 6) is -0.111. The molecule has 104 valence electrons. The predicted molar refractivity (Wildman–Crippen MR) is 84.3 cm³/mol. The van der Waals surface area contributed by atoms with Crippen LogP contribution in [0, 0.1) is 0 Å². The van der Waals surface area contributed by atoms with Crippen molar-refractivity contribution in [3.63, 3.8) is 0 Å². The molecule has 1 amide bonds. The van der Waals surface area contributed by atoms with Crippen molar-refractivity contribution in [1.82, 2.24) is 9.59 Å². The Morgan fingerprint density at radius 2 is 2.05 bits per heavy atom. The zero-order valence-corrected chi connectivity index (χ0v) is 12.8. The summed E-state index contributed by atoms with van der Waals surface area (Å²) in [6, 6.07) is 7.22. The van der Waals surface area contributed by atoms with Gasteiger partial charge in [0, 0.05) is 18.3 Å². The molecule has 0 saturated heterocycles. The van der Waals surface area contributed by atoms with Gasteiger partial charge < -0.3 is 10.6 Å². The fourth-order valence-corrected chi connectivity index (χ4v) is 2.58. The zero-order valence-electron chi connectivity index (χ0n) is 11.2. The van der Waals surface area contributed by atoms with Gasteiger partial charge in [-0.25, -0.2) is 0 Å². The van der Waals surface area contributed by atoms with Crippen LogP contribution in [0.4, 0.5) is 5.69 Å². The third kappa shape index (κ3) is 2.83. The molecule has 0 saturated carbocycles. The van der Waals surface area contributed by atoms with Crippen LogP contribution in [0.3, 0.4) is 0 Å². The van der Waals surface area contributed by atoms with Crippen molar-refractivity contribution in [3.05, 3.63) is 40.4 Å². The van der Waals surface area contributed by atoms with E-state index >= 15 is 0 Å².